The Hall–Kier alpha value is -1.91. The Morgan fingerprint density at radius 3 is 2.62 bits per heavy atom. The smallest absolute Gasteiger partial charge is 0.132 e. The zero-order chi connectivity index (χ0) is 16.8. The van der Waals surface area contributed by atoms with Crippen LogP contribution in [0.2, 0.25) is 0 Å². The third-order valence-corrected chi connectivity index (χ3v) is 4.74. The van der Waals surface area contributed by atoms with Gasteiger partial charge < -0.3 is 10.2 Å². The molecule has 1 aromatic carbocycles. The van der Waals surface area contributed by atoms with E-state index in [9.17, 15) is 0 Å². The van der Waals surface area contributed by atoms with Crippen LogP contribution >= 0.6 is 0 Å². The third kappa shape index (κ3) is 4.13. The third-order valence-electron chi connectivity index (χ3n) is 4.74. The van der Waals surface area contributed by atoms with Crippen LogP contribution in [0.15, 0.2) is 48.7 Å². The molecular weight excluding hydrogens is 296 g/mol. The highest BCUT2D eigenvalue weighted by atomic mass is 15.2. The standard InChI is InChI=1S/C20H28N4/c1-3-13-24(19-11-12-21-15-19)16-17-9-10-20(22-14-17)23(2)18-7-5-4-6-8-18/h4-10,14,19,21H,3,11-13,15-16H2,1-2H3. The molecule has 0 radical (unpaired) electrons. The van der Waals surface area contributed by atoms with Crippen LogP contribution in [-0.4, -0.2) is 42.6 Å². The van der Waals surface area contributed by atoms with Crippen molar-refractivity contribution in [1.29, 1.82) is 0 Å². The van der Waals surface area contributed by atoms with E-state index in [2.05, 4.69) is 70.5 Å². The number of anilines is 2. The maximum atomic E-state index is 4.68. The maximum absolute atomic E-state index is 4.68. The molecule has 2 heterocycles. The van der Waals surface area contributed by atoms with Gasteiger partial charge in [-0.2, -0.15) is 0 Å². The number of para-hydroxylation sites is 1. The molecule has 1 unspecified atom stereocenters. The molecule has 0 spiro atoms. The lowest BCUT2D eigenvalue weighted by Gasteiger charge is -2.28. The first-order valence-electron chi connectivity index (χ1n) is 8.96. The summed E-state index contributed by atoms with van der Waals surface area (Å²) in [4.78, 5) is 9.39. The first-order valence-corrected chi connectivity index (χ1v) is 8.96. The zero-order valence-electron chi connectivity index (χ0n) is 14.8. The highest BCUT2D eigenvalue weighted by Gasteiger charge is 2.21. The van der Waals surface area contributed by atoms with Gasteiger partial charge in [0, 0.05) is 38.1 Å². The van der Waals surface area contributed by atoms with E-state index in [1.54, 1.807) is 0 Å². The first-order chi connectivity index (χ1) is 11.8. The molecular formula is C20H28N4. The maximum Gasteiger partial charge on any atom is 0.132 e. The van der Waals surface area contributed by atoms with E-state index in [1.165, 1.54) is 18.4 Å². The molecule has 3 rings (SSSR count). The molecule has 1 aliphatic heterocycles. The highest BCUT2D eigenvalue weighted by molar-refractivity contribution is 5.58. The van der Waals surface area contributed by atoms with Crippen molar-refractivity contribution >= 4 is 11.5 Å². The van der Waals surface area contributed by atoms with Crippen molar-refractivity contribution < 1.29 is 0 Å². The molecule has 2 aromatic rings. The SMILES string of the molecule is CCCN(Cc1ccc(N(C)c2ccccc2)nc1)C1CCNC1. The summed E-state index contributed by atoms with van der Waals surface area (Å²) in [5.41, 5.74) is 2.45. The summed E-state index contributed by atoms with van der Waals surface area (Å²) < 4.78 is 0. The molecule has 1 N–H and O–H groups in total. The van der Waals surface area contributed by atoms with Gasteiger partial charge in [0.1, 0.15) is 5.82 Å². The normalized spacial score (nSPS) is 17.4. The molecule has 1 aromatic heterocycles. The largest absolute Gasteiger partial charge is 0.329 e. The fourth-order valence-electron chi connectivity index (χ4n) is 3.36. The Bertz CT molecular complexity index is 605. The van der Waals surface area contributed by atoms with Gasteiger partial charge in [-0.3, -0.25) is 4.90 Å². The number of hydrogen-bond acceptors (Lipinski definition) is 4. The van der Waals surface area contributed by atoms with Gasteiger partial charge in [0.25, 0.3) is 0 Å². The minimum atomic E-state index is 0.664. The van der Waals surface area contributed by atoms with E-state index in [0.29, 0.717) is 6.04 Å². The van der Waals surface area contributed by atoms with Crippen LogP contribution in [-0.2, 0) is 6.54 Å². The van der Waals surface area contributed by atoms with E-state index in [1.807, 2.05) is 12.3 Å². The lowest BCUT2D eigenvalue weighted by molar-refractivity contribution is 0.199. The molecule has 0 saturated carbocycles. The lowest BCUT2D eigenvalue weighted by Crippen LogP contribution is -2.36. The van der Waals surface area contributed by atoms with Crippen molar-refractivity contribution in [2.45, 2.75) is 32.4 Å². The second-order valence-corrected chi connectivity index (χ2v) is 6.54. The molecule has 1 aliphatic rings. The van der Waals surface area contributed by atoms with Crippen molar-refractivity contribution in [2.24, 2.45) is 0 Å². The summed E-state index contributed by atoms with van der Waals surface area (Å²) in [6.45, 7) is 6.65. The monoisotopic (exact) mass is 324 g/mol. The number of hydrogen-bond donors (Lipinski definition) is 1. The summed E-state index contributed by atoms with van der Waals surface area (Å²) >= 11 is 0. The molecule has 4 nitrogen and oxygen atoms in total. The molecule has 1 atom stereocenters. The minimum Gasteiger partial charge on any atom is -0.329 e. The van der Waals surface area contributed by atoms with Crippen LogP contribution in [0.5, 0.6) is 0 Å². The summed E-state index contributed by atoms with van der Waals surface area (Å²) in [5.74, 6) is 0.981. The summed E-state index contributed by atoms with van der Waals surface area (Å²) in [6.07, 6.45) is 4.47. The fraction of sp³-hybridized carbons (Fsp3) is 0.450. The summed E-state index contributed by atoms with van der Waals surface area (Å²) in [7, 11) is 2.06. The average Bonchev–Trinajstić information content (AvgIpc) is 3.17. The van der Waals surface area contributed by atoms with Crippen molar-refractivity contribution in [3.05, 3.63) is 54.2 Å². The number of nitrogens with zero attached hydrogens (tertiary/aromatic N) is 3. The Morgan fingerprint density at radius 2 is 2.00 bits per heavy atom. The van der Waals surface area contributed by atoms with E-state index in [-0.39, 0.29) is 0 Å². The molecule has 0 aliphatic carbocycles. The van der Waals surface area contributed by atoms with E-state index in [4.69, 9.17) is 0 Å². The van der Waals surface area contributed by atoms with E-state index < -0.39 is 0 Å². The van der Waals surface area contributed by atoms with Crippen molar-refractivity contribution in [2.75, 3.05) is 31.6 Å². The molecule has 4 heteroatoms. The predicted octanol–water partition coefficient (Wildman–Crippen LogP) is 3.42. The van der Waals surface area contributed by atoms with Crippen LogP contribution in [0.4, 0.5) is 11.5 Å². The van der Waals surface area contributed by atoms with Gasteiger partial charge in [-0.25, -0.2) is 4.98 Å². The summed E-state index contributed by atoms with van der Waals surface area (Å²) in [6, 6.07) is 15.4. The molecule has 0 amide bonds. The van der Waals surface area contributed by atoms with Crippen molar-refractivity contribution in [3.63, 3.8) is 0 Å². The van der Waals surface area contributed by atoms with Crippen LogP contribution < -0.4 is 10.2 Å². The molecule has 128 valence electrons. The van der Waals surface area contributed by atoms with Crippen LogP contribution in [0.1, 0.15) is 25.3 Å². The molecule has 0 bridgehead atoms. The van der Waals surface area contributed by atoms with Gasteiger partial charge in [0.15, 0.2) is 0 Å². The Balaban J connectivity index is 1.67. The summed E-state index contributed by atoms with van der Waals surface area (Å²) in [5, 5.41) is 3.48. The van der Waals surface area contributed by atoms with Gasteiger partial charge in [-0.15, -0.1) is 0 Å². The van der Waals surface area contributed by atoms with Crippen LogP contribution in [0, 0.1) is 0 Å². The molecule has 24 heavy (non-hydrogen) atoms. The second kappa shape index (κ2) is 8.27. The number of pyridine rings is 1. The van der Waals surface area contributed by atoms with Gasteiger partial charge in [-0.1, -0.05) is 31.2 Å². The zero-order valence-corrected chi connectivity index (χ0v) is 14.8. The number of nitrogens with one attached hydrogen (secondary N) is 1. The van der Waals surface area contributed by atoms with E-state index >= 15 is 0 Å². The number of aromatic nitrogens is 1. The Labute approximate surface area is 145 Å². The first kappa shape index (κ1) is 16.9. The molecule has 1 saturated heterocycles. The van der Waals surface area contributed by atoms with E-state index in [0.717, 1.165) is 37.7 Å². The Kier molecular flexibility index (Phi) is 5.83. The van der Waals surface area contributed by atoms with Crippen molar-refractivity contribution in [1.82, 2.24) is 15.2 Å². The van der Waals surface area contributed by atoms with Gasteiger partial charge in [0.2, 0.25) is 0 Å². The average molecular weight is 324 g/mol. The van der Waals surface area contributed by atoms with Gasteiger partial charge >= 0.3 is 0 Å². The minimum absolute atomic E-state index is 0.664. The molecule has 1 fully saturated rings. The quantitative estimate of drug-likeness (QED) is 0.845. The fourth-order valence-corrected chi connectivity index (χ4v) is 3.36. The van der Waals surface area contributed by atoms with Gasteiger partial charge in [0.05, 0.1) is 0 Å². The second-order valence-electron chi connectivity index (χ2n) is 6.54. The topological polar surface area (TPSA) is 31.4 Å². The van der Waals surface area contributed by atoms with Crippen LogP contribution in [0.3, 0.4) is 0 Å². The number of rotatable bonds is 7. The highest BCUT2D eigenvalue weighted by Crippen LogP contribution is 2.21. The number of benzene rings is 1. The van der Waals surface area contributed by atoms with Gasteiger partial charge in [-0.05, 0) is 49.7 Å². The lowest BCUT2D eigenvalue weighted by atomic mass is 10.1. The Morgan fingerprint density at radius 1 is 1.17 bits per heavy atom. The predicted molar refractivity (Wildman–Crippen MR) is 101 cm³/mol. The van der Waals surface area contributed by atoms with Crippen LogP contribution in [0.25, 0.3) is 0 Å². The van der Waals surface area contributed by atoms with Crippen molar-refractivity contribution in [3.8, 4) is 0 Å².